The molecular weight excluding hydrogens is 266 g/mol. The first-order chi connectivity index (χ1) is 10.3. The number of nitrogens with zero attached hydrogens (tertiary/aromatic N) is 3. The lowest BCUT2D eigenvalue weighted by Crippen LogP contribution is -2.33. The number of carbonyl (C=O) groups is 1. The average molecular weight is 285 g/mol. The highest BCUT2D eigenvalue weighted by Crippen LogP contribution is 2.21. The summed E-state index contributed by atoms with van der Waals surface area (Å²) in [6, 6.07) is 7.77. The average Bonchev–Trinajstić information content (AvgIpc) is 3.06. The van der Waals surface area contributed by atoms with Crippen molar-refractivity contribution in [1.29, 1.82) is 0 Å². The summed E-state index contributed by atoms with van der Waals surface area (Å²) in [5, 5.41) is 7.02. The Bertz CT molecular complexity index is 652. The first-order valence-electron chi connectivity index (χ1n) is 7.24. The van der Waals surface area contributed by atoms with Gasteiger partial charge in [0.25, 0.3) is 0 Å². The van der Waals surface area contributed by atoms with Gasteiger partial charge in [0.2, 0.25) is 11.9 Å². The Labute approximate surface area is 123 Å². The van der Waals surface area contributed by atoms with Gasteiger partial charge in [0.15, 0.2) is 0 Å². The molecule has 0 aliphatic carbocycles. The van der Waals surface area contributed by atoms with Crippen molar-refractivity contribution in [3.63, 3.8) is 0 Å². The Balaban J connectivity index is 1.80. The lowest BCUT2D eigenvalue weighted by Gasteiger charge is -2.16. The van der Waals surface area contributed by atoms with E-state index in [0.717, 1.165) is 36.8 Å². The van der Waals surface area contributed by atoms with Crippen molar-refractivity contribution in [3.05, 3.63) is 24.3 Å². The number of hydrogen-bond acceptors (Lipinski definition) is 5. The van der Waals surface area contributed by atoms with Gasteiger partial charge in [-0.1, -0.05) is 12.1 Å². The summed E-state index contributed by atoms with van der Waals surface area (Å²) < 4.78 is 0. The Hall–Kier alpha value is -2.37. The van der Waals surface area contributed by atoms with Gasteiger partial charge in [-0.05, 0) is 25.0 Å². The Morgan fingerprint density at radius 3 is 2.76 bits per heavy atom. The zero-order valence-corrected chi connectivity index (χ0v) is 12.1. The maximum absolute atomic E-state index is 12.1. The first kappa shape index (κ1) is 13.6. The summed E-state index contributed by atoms with van der Waals surface area (Å²) >= 11 is 0. The summed E-state index contributed by atoms with van der Waals surface area (Å²) in [6.07, 6.45) is 2.21. The maximum atomic E-state index is 12.1. The maximum Gasteiger partial charge on any atom is 0.241 e. The SMILES string of the molecule is CNc1nc(NCC(=O)N2CCCC2)c2ccccc2n1. The predicted octanol–water partition coefficient (Wildman–Crippen LogP) is 1.71. The fraction of sp³-hybridized carbons (Fsp3) is 0.400. The molecule has 1 aliphatic heterocycles. The summed E-state index contributed by atoms with van der Waals surface area (Å²) in [4.78, 5) is 22.8. The molecule has 1 aliphatic rings. The van der Waals surface area contributed by atoms with Gasteiger partial charge in [-0.25, -0.2) is 4.98 Å². The number of anilines is 2. The minimum atomic E-state index is 0.126. The topological polar surface area (TPSA) is 70.2 Å². The van der Waals surface area contributed by atoms with Crippen molar-refractivity contribution in [1.82, 2.24) is 14.9 Å². The van der Waals surface area contributed by atoms with E-state index in [9.17, 15) is 4.79 Å². The highest BCUT2D eigenvalue weighted by Gasteiger charge is 2.18. The fourth-order valence-corrected chi connectivity index (χ4v) is 2.56. The largest absolute Gasteiger partial charge is 0.360 e. The molecule has 0 spiro atoms. The smallest absolute Gasteiger partial charge is 0.241 e. The lowest BCUT2D eigenvalue weighted by atomic mass is 10.2. The minimum Gasteiger partial charge on any atom is -0.360 e. The van der Waals surface area contributed by atoms with E-state index in [2.05, 4.69) is 20.6 Å². The first-order valence-corrected chi connectivity index (χ1v) is 7.24. The second-order valence-electron chi connectivity index (χ2n) is 5.10. The van der Waals surface area contributed by atoms with Crippen LogP contribution < -0.4 is 10.6 Å². The zero-order chi connectivity index (χ0) is 14.7. The number of hydrogen-bond donors (Lipinski definition) is 2. The Morgan fingerprint density at radius 2 is 2.00 bits per heavy atom. The van der Waals surface area contributed by atoms with Gasteiger partial charge in [-0.15, -0.1) is 0 Å². The number of amides is 1. The molecule has 110 valence electrons. The van der Waals surface area contributed by atoms with Crippen molar-refractivity contribution in [2.45, 2.75) is 12.8 Å². The number of para-hydroxylation sites is 1. The van der Waals surface area contributed by atoms with E-state index in [0.29, 0.717) is 11.8 Å². The standard InChI is InChI=1S/C15H19N5O/c1-16-15-18-12-7-3-2-6-11(12)14(19-15)17-10-13(21)20-8-4-5-9-20/h2-3,6-7H,4-5,8-10H2,1H3,(H2,16,17,18,19). The van der Waals surface area contributed by atoms with Gasteiger partial charge in [0.05, 0.1) is 12.1 Å². The number of likely N-dealkylation sites (tertiary alicyclic amines) is 1. The van der Waals surface area contributed by atoms with Crippen LogP contribution >= 0.6 is 0 Å². The monoisotopic (exact) mass is 285 g/mol. The molecule has 0 unspecified atom stereocenters. The van der Waals surface area contributed by atoms with Crippen molar-refractivity contribution in [2.75, 3.05) is 37.3 Å². The number of nitrogens with one attached hydrogen (secondary N) is 2. The fourth-order valence-electron chi connectivity index (χ4n) is 2.56. The van der Waals surface area contributed by atoms with Gasteiger partial charge in [0, 0.05) is 25.5 Å². The molecule has 2 N–H and O–H groups in total. The van der Waals surface area contributed by atoms with Crippen LogP contribution in [0.4, 0.5) is 11.8 Å². The van der Waals surface area contributed by atoms with Crippen LogP contribution in [0.15, 0.2) is 24.3 Å². The third-order valence-electron chi connectivity index (χ3n) is 3.69. The summed E-state index contributed by atoms with van der Waals surface area (Å²) in [5.41, 5.74) is 0.855. The molecule has 2 heterocycles. The normalized spacial score (nSPS) is 14.4. The second kappa shape index (κ2) is 5.95. The second-order valence-corrected chi connectivity index (χ2v) is 5.10. The van der Waals surface area contributed by atoms with Gasteiger partial charge < -0.3 is 15.5 Å². The molecule has 1 amide bonds. The molecule has 1 saturated heterocycles. The van der Waals surface area contributed by atoms with Gasteiger partial charge in [-0.3, -0.25) is 4.79 Å². The van der Waals surface area contributed by atoms with E-state index < -0.39 is 0 Å². The number of rotatable bonds is 4. The molecule has 1 fully saturated rings. The molecule has 1 aromatic heterocycles. The summed E-state index contributed by atoms with van der Waals surface area (Å²) in [5.74, 6) is 1.36. The number of aromatic nitrogens is 2. The van der Waals surface area contributed by atoms with E-state index in [1.54, 1.807) is 7.05 Å². The quantitative estimate of drug-likeness (QED) is 0.895. The molecular formula is C15H19N5O. The Kier molecular flexibility index (Phi) is 3.85. The summed E-state index contributed by atoms with van der Waals surface area (Å²) in [6.45, 7) is 2.00. The molecule has 21 heavy (non-hydrogen) atoms. The van der Waals surface area contributed by atoms with Crippen LogP contribution in [0.5, 0.6) is 0 Å². The van der Waals surface area contributed by atoms with E-state index in [1.807, 2.05) is 29.2 Å². The third-order valence-corrected chi connectivity index (χ3v) is 3.69. The van der Waals surface area contributed by atoms with Crippen LogP contribution in [0.25, 0.3) is 10.9 Å². The molecule has 1 aromatic carbocycles. The third kappa shape index (κ3) is 2.89. The van der Waals surface area contributed by atoms with E-state index in [-0.39, 0.29) is 12.5 Å². The van der Waals surface area contributed by atoms with Crippen LogP contribution in [0.2, 0.25) is 0 Å². The van der Waals surface area contributed by atoms with Crippen LogP contribution in [0.3, 0.4) is 0 Å². The van der Waals surface area contributed by atoms with Crippen LogP contribution in [0, 0.1) is 0 Å². The molecule has 0 radical (unpaired) electrons. The van der Waals surface area contributed by atoms with Crippen molar-refractivity contribution in [2.24, 2.45) is 0 Å². The van der Waals surface area contributed by atoms with Crippen molar-refractivity contribution < 1.29 is 4.79 Å². The van der Waals surface area contributed by atoms with Gasteiger partial charge in [0.1, 0.15) is 5.82 Å². The Morgan fingerprint density at radius 1 is 1.24 bits per heavy atom. The van der Waals surface area contributed by atoms with Gasteiger partial charge in [-0.2, -0.15) is 4.98 Å². The molecule has 0 saturated carbocycles. The van der Waals surface area contributed by atoms with Crippen LogP contribution in [-0.2, 0) is 4.79 Å². The highest BCUT2D eigenvalue weighted by molar-refractivity contribution is 5.91. The molecule has 6 heteroatoms. The highest BCUT2D eigenvalue weighted by atomic mass is 16.2. The van der Waals surface area contributed by atoms with Gasteiger partial charge >= 0.3 is 0 Å². The van der Waals surface area contributed by atoms with Crippen LogP contribution in [0.1, 0.15) is 12.8 Å². The van der Waals surface area contributed by atoms with Crippen molar-refractivity contribution >= 4 is 28.6 Å². The van der Waals surface area contributed by atoms with E-state index in [1.165, 1.54) is 0 Å². The zero-order valence-electron chi connectivity index (χ0n) is 12.1. The molecule has 0 atom stereocenters. The number of carbonyl (C=O) groups excluding carboxylic acids is 1. The summed E-state index contributed by atoms with van der Waals surface area (Å²) in [7, 11) is 1.78. The lowest BCUT2D eigenvalue weighted by molar-refractivity contribution is -0.128. The van der Waals surface area contributed by atoms with Crippen molar-refractivity contribution in [3.8, 4) is 0 Å². The van der Waals surface area contributed by atoms with Crippen LogP contribution in [-0.4, -0.2) is 47.5 Å². The molecule has 0 bridgehead atoms. The van der Waals surface area contributed by atoms with E-state index >= 15 is 0 Å². The molecule has 2 aromatic rings. The van der Waals surface area contributed by atoms with E-state index in [4.69, 9.17) is 0 Å². The number of fused-ring (bicyclic) bond motifs is 1. The number of benzene rings is 1. The molecule has 3 rings (SSSR count). The minimum absolute atomic E-state index is 0.126. The molecule has 6 nitrogen and oxygen atoms in total. The predicted molar refractivity (Wildman–Crippen MR) is 83.4 cm³/mol.